The molecule has 0 spiro atoms. The Hall–Kier alpha value is -0.425. The SMILES string of the molecule is CS(=O)c1cc(B2OC(C)(C)C(C)(C)O2)cc(Cl)n1. The Morgan fingerprint density at radius 1 is 1.21 bits per heavy atom. The van der Waals surface area contributed by atoms with Crippen LogP contribution in [0.4, 0.5) is 0 Å². The van der Waals surface area contributed by atoms with Crippen LogP contribution in [0.1, 0.15) is 27.7 Å². The van der Waals surface area contributed by atoms with E-state index in [4.69, 9.17) is 20.9 Å². The van der Waals surface area contributed by atoms with Crippen LogP contribution in [0.25, 0.3) is 0 Å². The van der Waals surface area contributed by atoms with Crippen molar-refractivity contribution >= 4 is 35.0 Å². The number of rotatable bonds is 2. The largest absolute Gasteiger partial charge is 0.495 e. The standard InChI is InChI=1S/C12H17BClNO3S/c1-11(2)12(3,4)18-13(17-11)8-6-9(14)15-10(7-8)19(5)16/h6-7H,1-5H3. The van der Waals surface area contributed by atoms with Crippen molar-refractivity contribution in [3.63, 3.8) is 0 Å². The summed E-state index contributed by atoms with van der Waals surface area (Å²) in [5, 5.41) is 0.717. The molecule has 0 saturated carbocycles. The molecule has 1 atom stereocenters. The third-order valence-corrected chi connectivity index (χ3v) is 4.60. The molecule has 0 N–H and O–H groups in total. The number of hydrogen-bond acceptors (Lipinski definition) is 4. The first-order chi connectivity index (χ1) is 8.62. The molecule has 1 fully saturated rings. The third kappa shape index (κ3) is 2.87. The zero-order valence-corrected chi connectivity index (χ0v) is 13.3. The maximum absolute atomic E-state index is 11.5. The van der Waals surface area contributed by atoms with Gasteiger partial charge in [-0.1, -0.05) is 11.6 Å². The minimum absolute atomic E-state index is 0.289. The van der Waals surface area contributed by atoms with E-state index in [1.807, 2.05) is 27.7 Å². The fourth-order valence-electron chi connectivity index (χ4n) is 1.75. The van der Waals surface area contributed by atoms with E-state index < -0.39 is 29.1 Å². The van der Waals surface area contributed by atoms with E-state index >= 15 is 0 Å². The fraction of sp³-hybridized carbons (Fsp3) is 0.583. The molecule has 1 aliphatic rings. The van der Waals surface area contributed by atoms with Gasteiger partial charge in [-0.15, -0.1) is 0 Å². The summed E-state index contributed by atoms with van der Waals surface area (Å²) in [7, 11) is -1.72. The van der Waals surface area contributed by atoms with Gasteiger partial charge in [-0.05, 0) is 45.3 Å². The second-order valence-electron chi connectivity index (χ2n) is 5.60. The van der Waals surface area contributed by atoms with Crippen LogP contribution in [0, 0.1) is 0 Å². The van der Waals surface area contributed by atoms with Gasteiger partial charge in [0.1, 0.15) is 10.2 Å². The van der Waals surface area contributed by atoms with E-state index in [9.17, 15) is 4.21 Å². The van der Waals surface area contributed by atoms with Crippen molar-refractivity contribution in [3.8, 4) is 0 Å². The Morgan fingerprint density at radius 3 is 2.21 bits per heavy atom. The molecular weight excluding hydrogens is 284 g/mol. The summed E-state index contributed by atoms with van der Waals surface area (Å²) in [6, 6.07) is 3.39. The van der Waals surface area contributed by atoms with Crippen LogP contribution in [-0.4, -0.2) is 33.8 Å². The van der Waals surface area contributed by atoms with Crippen LogP contribution >= 0.6 is 11.6 Å². The van der Waals surface area contributed by atoms with Crippen molar-refractivity contribution in [2.45, 2.75) is 43.9 Å². The summed E-state index contributed by atoms with van der Waals surface area (Å²) in [6.07, 6.45) is 1.56. The molecule has 0 aromatic carbocycles. The lowest BCUT2D eigenvalue weighted by Crippen LogP contribution is -2.41. The molecule has 2 rings (SSSR count). The second kappa shape index (κ2) is 4.84. The molecule has 0 bridgehead atoms. The Morgan fingerprint density at radius 2 is 1.74 bits per heavy atom. The number of aromatic nitrogens is 1. The maximum atomic E-state index is 11.5. The Balaban J connectivity index is 2.37. The smallest absolute Gasteiger partial charge is 0.399 e. The number of nitrogens with zero attached hydrogens (tertiary/aromatic N) is 1. The Labute approximate surface area is 121 Å². The van der Waals surface area contributed by atoms with Gasteiger partial charge in [0.25, 0.3) is 0 Å². The van der Waals surface area contributed by atoms with Crippen LogP contribution in [-0.2, 0) is 20.1 Å². The van der Waals surface area contributed by atoms with Gasteiger partial charge >= 0.3 is 7.12 Å². The first kappa shape index (κ1) is 15.0. The van der Waals surface area contributed by atoms with Crippen LogP contribution < -0.4 is 5.46 Å². The van der Waals surface area contributed by atoms with Crippen molar-refractivity contribution in [2.75, 3.05) is 6.26 Å². The summed E-state index contributed by atoms with van der Waals surface area (Å²) < 4.78 is 23.4. The normalized spacial score (nSPS) is 22.5. The highest BCUT2D eigenvalue weighted by molar-refractivity contribution is 7.84. The molecule has 0 aliphatic carbocycles. The molecule has 4 nitrogen and oxygen atoms in total. The predicted molar refractivity (Wildman–Crippen MR) is 77.3 cm³/mol. The maximum Gasteiger partial charge on any atom is 0.495 e. The second-order valence-corrected chi connectivity index (χ2v) is 7.32. The molecule has 19 heavy (non-hydrogen) atoms. The first-order valence-corrected chi connectivity index (χ1v) is 7.92. The highest BCUT2D eigenvalue weighted by Gasteiger charge is 2.51. The quantitative estimate of drug-likeness (QED) is 0.617. The lowest BCUT2D eigenvalue weighted by atomic mass is 9.80. The molecule has 0 amide bonds. The summed E-state index contributed by atoms with van der Waals surface area (Å²) in [6.45, 7) is 7.92. The van der Waals surface area contributed by atoms with Gasteiger partial charge in [-0.3, -0.25) is 4.21 Å². The molecule has 104 valence electrons. The predicted octanol–water partition coefficient (Wildman–Crippen LogP) is 1.77. The van der Waals surface area contributed by atoms with E-state index in [0.717, 1.165) is 5.46 Å². The highest BCUT2D eigenvalue weighted by Crippen LogP contribution is 2.36. The summed E-state index contributed by atoms with van der Waals surface area (Å²) in [5.74, 6) is 0. The van der Waals surface area contributed by atoms with Crippen LogP contribution in [0.3, 0.4) is 0 Å². The zero-order chi connectivity index (χ0) is 14.4. The van der Waals surface area contributed by atoms with E-state index in [1.54, 1.807) is 18.4 Å². The summed E-state index contributed by atoms with van der Waals surface area (Å²) in [5.41, 5.74) is -0.0958. The molecule has 1 unspecified atom stereocenters. The van der Waals surface area contributed by atoms with Crippen LogP contribution in [0.15, 0.2) is 17.2 Å². The van der Waals surface area contributed by atoms with Crippen molar-refractivity contribution in [2.24, 2.45) is 0 Å². The van der Waals surface area contributed by atoms with Crippen LogP contribution in [0.5, 0.6) is 0 Å². The van der Waals surface area contributed by atoms with E-state index in [0.29, 0.717) is 5.03 Å². The topological polar surface area (TPSA) is 48.4 Å². The molecular formula is C12H17BClNO3S. The Bertz CT molecular complexity index is 520. The number of halogens is 1. The van der Waals surface area contributed by atoms with Gasteiger partial charge in [0.2, 0.25) is 0 Å². The number of hydrogen-bond donors (Lipinski definition) is 0. The van der Waals surface area contributed by atoms with Gasteiger partial charge in [-0.2, -0.15) is 0 Å². The lowest BCUT2D eigenvalue weighted by Gasteiger charge is -2.32. The van der Waals surface area contributed by atoms with Gasteiger partial charge < -0.3 is 9.31 Å². The van der Waals surface area contributed by atoms with Crippen molar-refractivity contribution in [1.29, 1.82) is 0 Å². The average molecular weight is 302 g/mol. The molecule has 7 heteroatoms. The average Bonchev–Trinajstić information content (AvgIpc) is 2.47. The van der Waals surface area contributed by atoms with Crippen molar-refractivity contribution < 1.29 is 13.5 Å². The minimum Gasteiger partial charge on any atom is -0.399 e. The van der Waals surface area contributed by atoms with Gasteiger partial charge in [0.15, 0.2) is 0 Å². The molecule has 2 heterocycles. The van der Waals surface area contributed by atoms with E-state index in [2.05, 4.69) is 4.98 Å². The lowest BCUT2D eigenvalue weighted by molar-refractivity contribution is 0.00578. The molecule has 1 aliphatic heterocycles. The van der Waals surface area contributed by atoms with Gasteiger partial charge in [-0.25, -0.2) is 4.98 Å². The minimum atomic E-state index is -1.19. The Kier molecular flexibility index (Phi) is 3.82. The highest BCUT2D eigenvalue weighted by atomic mass is 35.5. The monoisotopic (exact) mass is 301 g/mol. The van der Waals surface area contributed by atoms with Crippen molar-refractivity contribution in [1.82, 2.24) is 4.98 Å². The summed E-state index contributed by atoms with van der Waals surface area (Å²) in [4.78, 5) is 4.03. The summed E-state index contributed by atoms with van der Waals surface area (Å²) >= 11 is 5.96. The number of pyridine rings is 1. The fourth-order valence-corrected chi connectivity index (χ4v) is 2.55. The van der Waals surface area contributed by atoms with Crippen LogP contribution in [0.2, 0.25) is 5.15 Å². The molecule has 0 radical (unpaired) electrons. The zero-order valence-electron chi connectivity index (χ0n) is 11.7. The molecule has 1 aromatic rings. The van der Waals surface area contributed by atoms with Gasteiger partial charge in [0, 0.05) is 6.26 Å². The van der Waals surface area contributed by atoms with E-state index in [-0.39, 0.29) is 5.15 Å². The van der Waals surface area contributed by atoms with E-state index in [1.165, 1.54) is 0 Å². The first-order valence-electron chi connectivity index (χ1n) is 5.99. The molecule has 1 aromatic heterocycles. The third-order valence-electron chi connectivity index (χ3n) is 3.61. The molecule has 1 saturated heterocycles. The van der Waals surface area contributed by atoms with Crippen molar-refractivity contribution in [3.05, 3.63) is 17.3 Å². The van der Waals surface area contributed by atoms with Gasteiger partial charge in [0.05, 0.1) is 22.0 Å².